The van der Waals surface area contributed by atoms with Gasteiger partial charge in [-0.1, -0.05) is 24.6 Å². The van der Waals surface area contributed by atoms with E-state index >= 15 is 0 Å². The highest BCUT2D eigenvalue weighted by Gasteiger charge is 2.17. The fourth-order valence-corrected chi connectivity index (χ4v) is 3.15. The average Bonchev–Trinajstić information content (AvgIpc) is 2.84. The fraction of sp³-hybridized carbons (Fsp3) is 0.438. The van der Waals surface area contributed by atoms with E-state index < -0.39 is 0 Å². The lowest BCUT2D eigenvalue weighted by molar-refractivity contribution is 0.399. The van der Waals surface area contributed by atoms with Crippen molar-refractivity contribution in [3.05, 3.63) is 45.4 Å². The van der Waals surface area contributed by atoms with Crippen LogP contribution < -0.4 is 10.1 Å². The van der Waals surface area contributed by atoms with Crippen molar-refractivity contribution in [2.45, 2.75) is 33.2 Å². The first-order valence-electron chi connectivity index (χ1n) is 6.93. The number of ether oxygens (including phenoxy) is 1. The first kappa shape index (κ1) is 15.0. The quantitative estimate of drug-likeness (QED) is 0.881. The third-order valence-electron chi connectivity index (χ3n) is 3.26. The lowest BCUT2D eigenvalue weighted by Gasteiger charge is -2.20. The van der Waals surface area contributed by atoms with Gasteiger partial charge in [0.25, 0.3) is 0 Å². The highest BCUT2D eigenvalue weighted by atomic mass is 32.1. The van der Waals surface area contributed by atoms with Crippen molar-refractivity contribution < 1.29 is 4.74 Å². The van der Waals surface area contributed by atoms with Gasteiger partial charge in [0.1, 0.15) is 5.75 Å². The van der Waals surface area contributed by atoms with Gasteiger partial charge in [-0.25, -0.2) is 4.98 Å². The Morgan fingerprint density at radius 2 is 2.15 bits per heavy atom. The molecule has 1 N–H and O–H groups in total. The monoisotopic (exact) mass is 290 g/mol. The third-order valence-corrected chi connectivity index (χ3v) is 4.25. The van der Waals surface area contributed by atoms with Gasteiger partial charge in [-0.15, -0.1) is 11.3 Å². The molecular weight excluding hydrogens is 268 g/mol. The van der Waals surface area contributed by atoms with Crippen LogP contribution in [0.3, 0.4) is 0 Å². The number of hydrogen-bond donors (Lipinski definition) is 1. The third kappa shape index (κ3) is 3.58. The molecule has 2 aromatic rings. The van der Waals surface area contributed by atoms with Crippen LogP contribution in [0, 0.1) is 13.8 Å². The summed E-state index contributed by atoms with van der Waals surface area (Å²) >= 11 is 1.72. The SMILES string of the molecule is CCNC(Cc1nc(C)cs1)c1cc(C)ccc1OC. The molecule has 108 valence electrons. The molecule has 20 heavy (non-hydrogen) atoms. The van der Waals surface area contributed by atoms with Crippen molar-refractivity contribution in [3.8, 4) is 5.75 Å². The van der Waals surface area contributed by atoms with Gasteiger partial charge < -0.3 is 10.1 Å². The van der Waals surface area contributed by atoms with Crippen molar-refractivity contribution in [1.82, 2.24) is 10.3 Å². The zero-order valence-corrected chi connectivity index (χ0v) is 13.4. The molecule has 0 aliphatic heterocycles. The van der Waals surface area contributed by atoms with E-state index in [0.717, 1.165) is 29.4 Å². The van der Waals surface area contributed by atoms with Gasteiger partial charge in [-0.2, -0.15) is 0 Å². The molecule has 1 atom stereocenters. The summed E-state index contributed by atoms with van der Waals surface area (Å²) in [6.45, 7) is 7.20. The number of aromatic nitrogens is 1. The molecule has 0 amide bonds. The van der Waals surface area contributed by atoms with E-state index in [9.17, 15) is 0 Å². The molecule has 0 aliphatic rings. The number of rotatable bonds is 6. The number of methoxy groups -OCH3 is 1. The molecule has 1 aromatic heterocycles. The van der Waals surface area contributed by atoms with E-state index in [1.54, 1.807) is 18.4 Å². The van der Waals surface area contributed by atoms with Gasteiger partial charge >= 0.3 is 0 Å². The number of benzene rings is 1. The maximum absolute atomic E-state index is 5.51. The van der Waals surface area contributed by atoms with Crippen LogP contribution in [0.2, 0.25) is 0 Å². The fourth-order valence-electron chi connectivity index (χ4n) is 2.34. The second kappa shape index (κ2) is 6.86. The topological polar surface area (TPSA) is 34.2 Å². The number of hydrogen-bond acceptors (Lipinski definition) is 4. The molecule has 0 aliphatic carbocycles. The maximum atomic E-state index is 5.51. The van der Waals surface area contributed by atoms with Crippen LogP contribution in [0.15, 0.2) is 23.6 Å². The Morgan fingerprint density at radius 1 is 1.35 bits per heavy atom. The molecule has 1 heterocycles. The predicted molar refractivity (Wildman–Crippen MR) is 84.7 cm³/mol. The normalized spacial score (nSPS) is 12.4. The highest BCUT2D eigenvalue weighted by molar-refractivity contribution is 7.09. The Morgan fingerprint density at radius 3 is 2.75 bits per heavy atom. The van der Waals surface area contributed by atoms with Crippen LogP contribution in [0.4, 0.5) is 0 Å². The van der Waals surface area contributed by atoms with Gasteiger partial charge in [0.2, 0.25) is 0 Å². The molecular formula is C16H22N2OS. The van der Waals surface area contributed by atoms with Gasteiger partial charge in [0.15, 0.2) is 0 Å². The Hall–Kier alpha value is -1.39. The predicted octanol–water partition coefficient (Wildman–Crippen LogP) is 3.66. The van der Waals surface area contributed by atoms with Crippen LogP contribution in [0.25, 0.3) is 0 Å². The van der Waals surface area contributed by atoms with E-state index in [0.29, 0.717) is 0 Å². The molecule has 2 rings (SSSR count). The molecule has 0 bridgehead atoms. The van der Waals surface area contributed by atoms with Crippen molar-refractivity contribution in [2.75, 3.05) is 13.7 Å². The summed E-state index contributed by atoms with van der Waals surface area (Å²) < 4.78 is 5.51. The number of likely N-dealkylation sites (N-methyl/N-ethyl adjacent to an activating group) is 1. The van der Waals surface area contributed by atoms with E-state index in [2.05, 4.69) is 41.7 Å². The average molecular weight is 290 g/mol. The van der Waals surface area contributed by atoms with E-state index in [1.165, 1.54) is 11.1 Å². The first-order valence-corrected chi connectivity index (χ1v) is 7.81. The lowest BCUT2D eigenvalue weighted by atomic mass is 10.0. The molecule has 0 fully saturated rings. The molecule has 1 aromatic carbocycles. The Balaban J connectivity index is 2.30. The van der Waals surface area contributed by atoms with Crippen molar-refractivity contribution in [3.63, 3.8) is 0 Å². The summed E-state index contributed by atoms with van der Waals surface area (Å²) in [4.78, 5) is 4.57. The number of thiazole rings is 1. The van der Waals surface area contributed by atoms with Crippen LogP contribution in [-0.2, 0) is 6.42 Å². The number of nitrogens with one attached hydrogen (secondary N) is 1. The summed E-state index contributed by atoms with van der Waals surface area (Å²) in [6, 6.07) is 6.56. The lowest BCUT2D eigenvalue weighted by Crippen LogP contribution is -2.23. The maximum Gasteiger partial charge on any atom is 0.123 e. The minimum atomic E-state index is 0.236. The van der Waals surface area contributed by atoms with Crippen LogP contribution >= 0.6 is 11.3 Å². The Labute approximate surface area is 125 Å². The van der Waals surface area contributed by atoms with E-state index in [1.807, 2.05) is 13.0 Å². The zero-order chi connectivity index (χ0) is 14.5. The highest BCUT2D eigenvalue weighted by Crippen LogP contribution is 2.29. The van der Waals surface area contributed by atoms with Crippen LogP contribution in [0.5, 0.6) is 5.75 Å². The second-order valence-electron chi connectivity index (χ2n) is 4.94. The van der Waals surface area contributed by atoms with Crippen molar-refractivity contribution in [1.29, 1.82) is 0 Å². The minimum absolute atomic E-state index is 0.236. The summed E-state index contributed by atoms with van der Waals surface area (Å²) in [7, 11) is 1.73. The largest absolute Gasteiger partial charge is 0.496 e. The smallest absolute Gasteiger partial charge is 0.123 e. The van der Waals surface area contributed by atoms with Crippen molar-refractivity contribution in [2.24, 2.45) is 0 Å². The van der Waals surface area contributed by atoms with E-state index in [-0.39, 0.29) is 6.04 Å². The van der Waals surface area contributed by atoms with Gasteiger partial charge in [0, 0.05) is 29.1 Å². The van der Waals surface area contributed by atoms with E-state index in [4.69, 9.17) is 4.74 Å². The van der Waals surface area contributed by atoms with Gasteiger partial charge in [-0.05, 0) is 26.5 Å². The summed E-state index contributed by atoms with van der Waals surface area (Å²) in [5, 5.41) is 6.81. The first-order chi connectivity index (χ1) is 9.63. The molecule has 0 radical (unpaired) electrons. The van der Waals surface area contributed by atoms with Crippen LogP contribution in [0.1, 0.15) is 34.8 Å². The van der Waals surface area contributed by atoms with Gasteiger partial charge in [0.05, 0.1) is 12.1 Å². The number of aryl methyl sites for hydroxylation is 2. The standard InChI is InChI=1S/C16H22N2OS/c1-5-17-14(9-16-18-12(3)10-20-16)13-8-11(2)6-7-15(13)19-4/h6-8,10,14,17H,5,9H2,1-4H3. The number of nitrogens with zero attached hydrogens (tertiary/aromatic N) is 1. The second-order valence-corrected chi connectivity index (χ2v) is 5.89. The Bertz CT molecular complexity index is 565. The molecule has 0 spiro atoms. The van der Waals surface area contributed by atoms with Gasteiger partial charge in [-0.3, -0.25) is 0 Å². The molecule has 0 saturated heterocycles. The molecule has 4 heteroatoms. The summed E-state index contributed by atoms with van der Waals surface area (Å²) in [5.74, 6) is 0.940. The molecule has 0 saturated carbocycles. The van der Waals surface area contributed by atoms with Crippen molar-refractivity contribution >= 4 is 11.3 Å². The summed E-state index contributed by atoms with van der Waals surface area (Å²) in [5.41, 5.74) is 3.55. The molecule has 3 nitrogen and oxygen atoms in total. The minimum Gasteiger partial charge on any atom is -0.496 e. The zero-order valence-electron chi connectivity index (χ0n) is 12.6. The molecule has 1 unspecified atom stereocenters. The van der Waals surface area contributed by atoms with Crippen LogP contribution in [-0.4, -0.2) is 18.6 Å². The summed E-state index contributed by atoms with van der Waals surface area (Å²) in [6.07, 6.45) is 0.895. The Kier molecular flexibility index (Phi) is 5.15.